The molecule has 0 atom stereocenters. The Morgan fingerprint density at radius 3 is 2.50 bits per heavy atom. The zero-order valence-corrected chi connectivity index (χ0v) is 8.69. The van der Waals surface area contributed by atoms with Gasteiger partial charge in [0.1, 0.15) is 5.84 Å². The van der Waals surface area contributed by atoms with Gasteiger partial charge in [0.2, 0.25) is 0 Å². The lowest BCUT2D eigenvalue weighted by Crippen LogP contribution is -2.38. The second kappa shape index (κ2) is 5.14. The normalized spacial score (nSPS) is 17.6. The Balaban J connectivity index is 2.18. The highest BCUT2D eigenvalue weighted by molar-refractivity contribution is 5.80. The monoisotopic (exact) mass is 200 g/mol. The molecule has 82 valence electrons. The molecule has 1 saturated carbocycles. The van der Waals surface area contributed by atoms with Crippen molar-refractivity contribution >= 4 is 5.84 Å². The van der Waals surface area contributed by atoms with E-state index in [1.165, 1.54) is 18.0 Å². The molecule has 14 heavy (non-hydrogen) atoms. The van der Waals surface area contributed by atoms with Crippen molar-refractivity contribution in [2.24, 2.45) is 28.4 Å². The molecule has 0 spiro atoms. The van der Waals surface area contributed by atoms with Crippen molar-refractivity contribution in [3.8, 4) is 0 Å². The topological polar surface area (TPSA) is 96.9 Å². The van der Waals surface area contributed by atoms with E-state index < -0.39 is 0 Å². The molecule has 0 aromatic rings. The second-order valence-electron chi connectivity index (χ2n) is 3.88. The minimum Gasteiger partial charge on any atom is -0.386 e. The fourth-order valence-electron chi connectivity index (χ4n) is 1.13. The van der Waals surface area contributed by atoms with E-state index in [0.717, 1.165) is 12.3 Å². The van der Waals surface area contributed by atoms with E-state index >= 15 is 0 Å². The number of hydrazone groups is 1. The predicted molar refractivity (Wildman–Crippen MR) is 56.7 cm³/mol. The van der Waals surface area contributed by atoms with Crippen LogP contribution in [0.2, 0.25) is 0 Å². The zero-order valence-electron chi connectivity index (χ0n) is 8.69. The number of hydrazine groups is 2. The maximum atomic E-state index is 5.71. The molecule has 1 fully saturated rings. The molecule has 0 bridgehead atoms. The van der Waals surface area contributed by atoms with E-state index in [1.807, 2.05) is 0 Å². The van der Waals surface area contributed by atoms with Crippen LogP contribution in [0.1, 0.15) is 19.3 Å². The Bertz CT molecular complexity index is 198. The minimum absolute atomic E-state index is 0.582. The van der Waals surface area contributed by atoms with Crippen LogP contribution in [0.25, 0.3) is 0 Å². The third-order valence-corrected chi connectivity index (χ3v) is 2.13. The van der Waals surface area contributed by atoms with Gasteiger partial charge in [0.25, 0.3) is 0 Å². The molecule has 0 aliphatic heterocycles. The number of nitrogens with two attached hydrogens (primary N) is 3. The molecule has 0 amide bonds. The summed E-state index contributed by atoms with van der Waals surface area (Å²) in [7, 11) is 1.78. The van der Waals surface area contributed by atoms with E-state index in [4.69, 9.17) is 17.4 Å². The molecule has 6 N–H and O–H groups in total. The smallest absolute Gasteiger partial charge is 0.121 e. The Morgan fingerprint density at radius 2 is 2.00 bits per heavy atom. The van der Waals surface area contributed by atoms with Crippen molar-refractivity contribution in [1.82, 2.24) is 10.1 Å². The number of nitrogens with zero attached hydrogens (tertiary/aromatic N) is 3. The van der Waals surface area contributed by atoms with Gasteiger partial charge in [-0.25, -0.2) is 16.0 Å². The zero-order chi connectivity index (χ0) is 10.6. The van der Waals surface area contributed by atoms with Gasteiger partial charge in [-0.15, -0.1) is 5.10 Å². The van der Waals surface area contributed by atoms with Gasteiger partial charge in [-0.2, -0.15) is 0 Å². The molecule has 0 aromatic heterocycles. The van der Waals surface area contributed by atoms with Crippen molar-refractivity contribution in [3.05, 3.63) is 0 Å². The summed E-state index contributed by atoms with van der Waals surface area (Å²) in [6.07, 6.45) is 3.41. The van der Waals surface area contributed by atoms with E-state index in [-0.39, 0.29) is 0 Å². The summed E-state index contributed by atoms with van der Waals surface area (Å²) < 4.78 is 0. The van der Waals surface area contributed by atoms with Crippen LogP contribution in [0.3, 0.4) is 0 Å². The molecule has 0 radical (unpaired) electrons. The second-order valence-corrected chi connectivity index (χ2v) is 3.88. The number of amidine groups is 1. The van der Waals surface area contributed by atoms with Gasteiger partial charge < -0.3 is 5.73 Å². The summed E-state index contributed by atoms with van der Waals surface area (Å²) in [5.41, 5.74) is 5.71. The summed E-state index contributed by atoms with van der Waals surface area (Å²) >= 11 is 0. The van der Waals surface area contributed by atoms with Crippen molar-refractivity contribution in [1.29, 1.82) is 0 Å². The van der Waals surface area contributed by atoms with E-state index in [1.54, 1.807) is 12.1 Å². The summed E-state index contributed by atoms with van der Waals surface area (Å²) in [5, 5.41) is 6.96. The van der Waals surface area contributed by atoms with Crippen LogP contribution in [-0.4, -0.2) is 36.1 Å². The fourth-order valence-corrected chi connectivity index (χ4v) is 1.13. The number of hydrogen-bond donors (Lipinski definition) is 3. The standard InChI is InChI=1S/C8H20N6/c1-13(10)4-5-14(11)12-8(9)6-7-2-3-7/h7H,2-6,10-11H2,1H3,(H2,9,12). The molecule has 0 aromatic carbocycles. The maximum Gasteiger partial charge on any atom is 0.121 e. The minimum atomic E-state index is 0.582. The molecule has 6 heteroatoms. The average molecular weight is 200 g/mol. The lowest BCUT2D eigenvalue weighted by molar-refractivity contribution is 0.239. The predicted octanol–water partition coefficient (Wildman–Crippen LogP) is -0.960. The van der Waals surface area contributed by atoms with Crippen molar-refractivity contribution in [2.45, 2.75) is 19.3 Å². The molecular formula is C8H20N6. The molecule has 1 aliphatic carbocycles. The average Bonchev–Trinajstić information content (AvgIpc) is 2.84. The molecule has 6 nitrogen and oxygen atoms in total. The first kappa shape index (κ1) is 11.2. The highest BCUT2D eigenvalue weighted by atomic mass is 15.6. The maximum absolute atomic E-state index is 5.71. The van der Waals surface area contributed by atoms with Crippen LogP contribution in [0.4, 0.5) is 0 Å². The highest BCUT2D eigenvalue weighted by Gasteiger charge is 2.22. The molecule has 0 saturated heterocycles. The molecule has 1 rings (SSSR count). The first-order valence-electron chi connectivity index (χ1n) is 4.89. The quantitative estimate of drug-likeness (QED) is 0.222. The Hall–Kier alpha value is -0.850. The SMILES string of the molecule is CN(N)CCN(N)/N=C(\N)CC1CC1. The number of rotatable bonds is 6. The van der Waals surface area contributed by atoms with Crippen molar-refractivity contribution in [2.75, 3.05) is 20.1 Å². The lowest BCUT2D eigenvalue weighted by Gasteiger charge is -2.16. The Morgan fingerprint density at radius 1 is 1.36 bits per heavy atom. The summed E-state index contributed by atoms with van der Waals surface area (Å²) in [6.45, 7) is 1.25. The lowest BCUT2D eigenvalue weighted by atomic mass is 10.3. The van der Waals surface area contributed by atoms with Crippen LogP contribution in [0.15, 0.2) is 5.10 Å². The van der Waals surface area contributed by atoms with Gasteiger partial charge in [0, 0.05) is 20.0 Å². The summed E-state index contributed by atoms with van der Waals surface area (Å²) in [5.74, 6) is 12.4. The van der Waals surface area contributed by atoms with Crippen LogP contribution in [-0.2, 0) is 0 Å². The molecule has 0 unspecified atom stereocenters. The largest absolute Gasteiger partial charge is 0.386 e. The number of hydrogen-bond acceptors (Lipinski definition) is 5. The van der Waals surface area contributed by atoms with Gasteiger partial charge in [0.15, 0.2) is 0 Å². The van der Waals surface area contributed by atoms with Gasteiger partial charge in [-0.3, -0.25) is 5.84 Å². The summed E-state index contributed by atoms with van der Waals surface area (Å²) in [4.78, 5) is 0. The van der Waals surface area contributed by atoms with Gasteiger partial charge in [0.05, 0.1) is 6.54 Å². The summed E-state index contributed by atoms with van der Waals surface area (Å²) in [6, 6.07) is 0. The van der Waals surface area contributed by atoms with Gasteiger partial charge in [-0.1, -0.05) is 0 Å². The van der Waals surface area contributed by atoms with E-state index in [2.05, 4.69) is 5.10 Å². The first-order chi connectivity index (χ1) is 6.58. The van der Waals surface area contributed by atoms with Crippen molar-refractivity contribution < 1.29 is 0 Å². The van der Waals surface area contributed by atoms with Crippen LogP contribution < -0.4 is 17.4 Å². The highest BCUT2D eigenvalue weighted by Crippen LogP contribution is 2.32. The van der Waals surface area contributed by atoms with E-state index in [9.17, 15) is 0 Å². The van der Waals surface area contributed by atoms with Crippen LogP contribution in [0.5, 0.6) is 0 Å². The van der Waals surface area contributed by atoms with E-state index in [0.29, 0.717) is 18.9 Å². The van der Waals surface area contributed by atoms with Crippen molar-refractivity contribution in [3.63, 3.8) is 0 Å². The van der Waals surface area contributed by atoms with Gasteiger partial charge >= 0.3 is 0 Å². The molecular weight excluding hydrogens is 180 g/mol. The molecule has 1 aliphatic rings. The van der Waals surface area contributed by atoms with Gasteiger partial charge in [-0.05, 0) is 18.8 Å². The third-order valence-electron chi connectivity index (χ3n) is 2.13. The van der Waals surface area contributed by atoms with Crippen LogP contribution in [0, 0.1) is 5.92 Å². The van der Waals surface area contributed by atoms with Crippen LogP contribution >= 0.6 is 0 Å². The Kier molecular flexibility index (Phi) is 4.12. The third kappa shape index (κ3) is 5.00. The fraction of sp³-hybridized carbons (Fsp3) is 0.875. The molecule has 0 heterocycles. The first-order valence-corrected chi connectivity index (χ1v) is 4.89. The Labute approximate surface area is 84.6 Å². The number of likely N-dealkylation sites (N-methyl/N-ethyl adjacent to an activating group) is 1.